The summed E-state index contributed by atoms with van der Waals surface area (Å²) in [5, 5.41) is 0. The van der Waals surface area contributed by atoms with Gasteiger partial charge in [-0.15, -0.1) is 0 Å². The third-order valence-corrected chi connectivity index (χ3v) is 5.24. The Kier molecular flexibility index (Phi) is 4.48. The molecule has 2 saturated heterocycles. The third-order valence-electron chi connectivity index (χ3n) is 5.24. The zero-order valence-electron chi connectivity index (χ0n) is 15.9. The van der Waals surface area contributed by atoms with E-state index in [-0.39, 0.29) is 18.0 Å². The number of nitrogen functional groups attached to an aromatic ring is 1. The molecule has 2 aliphatic heterocycles. The summed E-state index contributed by atoms with van der Waals surface area (Å²) in [5.74, 6) is 0.707. The highest BCUT2D eigenvalue weighted by molar-refractivity contribution is 5.95. The van der Waals surface area contributed by atoms with Crippen molar-refractivity contribution in [3.63, 3.8) is 0 Å². The number of nitrogens with zero attached hydrogens (tertiary/aromatic N) is 4. The number of hydrogen-bond acceptors (Lipinski definition) is 7. The molecule has 2 aliphatic rings. The molecular weight excluding hydrogens is 370 g/mol. The van der Waals surface area contributed by atoms with Gasteiger partial charge in [0.1, 0.15) is 6.10 Å². The van der Waals surface area contributed by atoms with Crippen molar-refractivity contribution in [1.82, 2.24) is 15.0 Å². The molecular formula is C21H21N5O3. The van der Waals surface area contributed by atoms with Crippen LogP contribution in [0.25, 0.3) is 22.3 Å². The maximum Gasteiger partial charge on any atom is 0.245 e. The molecule has 2 fully saturated rings. The monoisotopic (exact) mass is 391 g/mol. The SMILES string of the molecule is Nc1nc(OC2CCOC2)c2nc(-c3ccc(N4CCCC4=O)cc3)ccc2n1. The molecule has 2 N–H and O–H groups in total. The van der Waals surface area contributed by atoms with Crippen molar-refractivity contribution in [3.8, 4) is 17.1 Å². The van der Waals surface area contributed by atoms with E-state index < -0.39 is 0 Å². The van der Waals surface area contributed by atoms with Gasteiger partial charge in [-0.25, -0.2) is 9.97 Å². The smallest absolute Gasteiger partial charge is 0.245 e. The Balaban J connectivity index is 1.48. The second-order valence-electron chi connectivity index (χ2n) is 7.25. The van der Waals surface area contributed by atoms with Crippen LogP contribution < -0.4 is 15.4 Å². The van der Waals surface area contributed by atoms with E-state index in [0.29, 0.717) is 36.5 Å². The van der Waals surface area contributed by atoms with Crippen LogP contribution in [0.1, 0.15) is 19.3 Å². The number of ether oxygens (including phenoxy) is 2. The molecule has 0 saturated carbocycles. The lowest BCUT2D eigenvalue weighted by atomic mass is 10.1. The lowest BCUT2D eigenvalue weighted by molar-refractivity contribution is -0.117. The number of benzene rings is 1. The average Bonchev–Trinajstić information content (AvgIpc) is 3.39. The van der Waals surface area contributed by atoms with E-state index in [1.807, 2.05) is 41.3 Å². The Morgan fingerprint density at radius 1 is 1.10 bits per heavy atom. The van der Waals surface area contributed by atoms with E-state index in [2.05, 4.69) is 9.97 Å². The lowest BCUT2D eigenvalue weighted by Gasteiger charge is -2.16. The Labute approximate surface area is 167 Å². The number of anilines is 2. The molecule has 1 aromatic carbocycles. The van der Waals surface area contributed by atoms with Crippen LogP contribution in [-0.4, -0.2) is 46.7 Å². The molecule has 8 heteroatoms. The van der Waals surface area contributed by atoms with Crippen LogP contribution in [0.4, 0.5) is 11.6 Å². The largest absolute Gasteiger partial charge is 0.470 e. The van der Waals surface area contributed by atoms with Gasteiger partial charge in [-0.1, -0.05) is 12.1 Å². The first-order valence-electron chi connectivity index (χ1n) is 9.77. The number of pyridine rings is 1. The first-order chi connectivity index (χ1) is 14.2. The predicted molar refractivity (Wildman–Crippen MR) is 109 cm³/mol. The predicted octanol–water partition coefficient (Wildman–Crippen LogP) is 2.57. The van der Waals surface area contributed by atoms with Crippen LogP contribution in [0.15, 0.2) is 36.4 Å². The van der Waals surface area contributed by atoms with Crippen molar-refractivity contribution in [1.29, 1.82) is 0 Å². The van der Waals surface area contributed by atoms with Crippen molar-refractivity contribution < 1.29 is 14.3 Å². The zero-order chi connectivity index (χ0) is 19.8. The van der Waals surface area contributed by atoms with Crippen molar-refractivity contribution >= 4 is 28.6 Å². The number of carbonyl (C=O) groups excluding carboxylic acids is 1. The highest BCUT2D eigenvalue weighted by Crippen LogP contribution is 2.29. The van der Waals surface area contributed by atoms with Gasteiger partial charge in [-0.3, -0.25) is 4.79 Å². The number of nitrogens with two attached hydrogens (primary N) is 1. The third kappa shape index (κ3) is 3.47. The number of hydrogen-bond donors (Lipinski definition) is 1. The summed E-state index contributed by atoms with van der Waals surface area (Å²) in [6.45, 7) is 1.98. The van der Waals surface area contributed by atoms with Crippen molar-refractivity contribution in [2.24, 2.45) is 0 Å². The van der Waals surface area contributed by atoms with E-state index in [0.717, 1.165) is 36.3 Å². The van der Waals surface area contributed by atoms with Crippen LogP contribution in [0.5, 0.6) is 5.88 Å². The van der Waals surface area contributed by atoms with Crippen LogP contribution in [0.2, 0.25) is 0 Å². The molecule has 0 aliphatic carbocycles. The van der Waals surface area contributed by atoms with Gasteiger partial charge in [0.05, 0.1) is 24.4 Å². The Hall–Kier alpha value is -3.26. The fraction of sp³-hybridized carbons (Fsp3) is 0.333. The molecule has 2 aromatic heterocycles. The van der Waals surface area contributed by atoms with Gasteiger partial charge in [0.15, 0.2) is 5.52 Å². The molecule has 1 amide bonds. The topological polar surface area (TPSA) is 103 Å². The minimum atomic E-state index is -0.0600. The number of amides is 1. The minimum absolute atomic E-state index is 0.0600. The summed E-state index contributed by atoms with van der Waals surface area (Å²) in [6, 6.07) is 11.6. The fourth-order valence-electron chi connectivity index (χ4n) is 3.74. The minimum Gasteiger partial charge on any atom is -0.470 e. The maximum atomic E-state index is 11.9. The maximum absolute atomic E-state index is 11.9. The molecule has 0 bridgehead atoms. The van der Waals surface area contributed by atoms with E-state index in [4.69, 9.17) is 20.2 Å². The van der Waals surface area contributed by atoms with Crippen LogP contribution in [0, 0.1) is 0 Å². The summed E-state index contributed by atoms with van der Waals surface area (Å²) < 4.78 is 11.4. The van der Waals surface area contributed by atoms with E-state index in [9.17, 15) is 4.79 Å². The number of rotatable bonds is 4. The van der Waals surface area contributed by atoms with Crippen LogP contribution in [-0.2, 0) is 9.53 Å². The number of carbonyl (C=O) groups is 1. The van der Waals surface area contributed by atoms with Crippen molar-refractivity contribution in [2.75, 3.05) is 30.4 Å². The van der Waals surface area contributed by atoms with Gasteiger partial charge in [0.25, 0.3) is 0 Å². The molecule has 1 atom stereocenters. The molecule has 8 nitrogen and oxygen atoms in total. The average molecular weight is 391 g/mol. The molecule has 0 radical (unpaired) electrons. The van der Waals surface area contributed by atoms with Crippen molar-refractivity contribution in [3.05, 3.63) is 36.4 Å². The Morgan fingerprint density at radius 2 is 1.97 bits per heavy atom. The van der Waals surface area contributed by atoms with Gasteiger partial charge in [0, 0.05) is 30.6 Å². The van der Waals surface area contributed by atoms with Crippen LogP contribution >= 0.6 is 0 Å². The standard InChI is InChI=1S/C21H21N5O3/c22-21-24-17-8-7-16(23-19(17)20(25-21)29-15-9-11-28-12-15)13-3-5-14(6-4-13)26-10-1-2-18(26)27/h3-8,15H,1-2,9-12H2,(H2,22,24,25). The molecule has 1 unspecified atom stereocenters. The Morgan fingerprint density at radius 3 is 2.69 bits per heavy atom. The van der Waals surface area contributed by atoms with Crippen LogP contribution in [0.3, 0.4) is 0 Å². The van der Waals surface area contributed by atoms with Gasteiger partial charge >= 0.3 is 0 Å². The normalized spacial score (nSPS) is 19.2. The van der Waals surface area contributed by atoms with Gasteiger partial charge in [0.2, 0.25) is 17.7 Å². The summed E-state index contributed by atoms with van der Waals surface area (Å²) in [7, 11) is 0. The molecule has 0 spiro atoms. The van der Waals surface area contributed by atoms with Gasteiger partial charge < -0.3 is 20.1 Å². The quantitative estimate of drug-likeness (QED) is 0.729. The highest BCUT2D eigenvalue weighted by Gasteiger charge is 2.22. The summed E-state index contributed by atoms with van der Waals surface area (Å²) >= 11 is 0. The summed E-state index contributed by atoms with van der Waals surface area (Å²) in [6.07, 6.45) is 2.27. The Bertz CT molecular complexity index is 1060. The molecule has 5 rings (SSSR count). The molecule has 29 heavy (non-hydrogen) atoms. The number of fused-ring (bicyclic) bond motifs is 1. The fourth-order valence-corrected chi connectivity index (χ4v) is 3.74. The summed E-state index contributed by atoms with van der Waals surface area (Å²) in [4.78, 5) is 27.0. The first-order valence-corrected chi connectivity index (χ1v) is 9.77. The van der Waals surface area contributed by atoms with E-state index in [1.165, 1.54) is 0 Å². The van der Waals surface area contributed by atoms with Crippen molar-refractivity contribution in [2.45, 2.75) is 25.4 Å². The van der Waals surface area contributed by atoms with Gasteiger partial charge in [-0.2, -0.15) is 4.98 Å². The molecule has 148 valence electrons. The lowest BCUT2D eigenvalue weighted by Crippen LogP contribution is -2.23. The van der Waals surface area contributed by atoms with E-state index >= 15 is 0 Å². The zero-order valence-corrected chi connectivity index (χ0v) is 15.9. The summed E-state index contributed by atoms with van der Waals surface area (Å²) in [5.41, 5.74) is 9.68. The first kappa shape index (κ1) is 17.8. The van der Waals surface area contributed by atoms with E-state index in [1.54, 1.807) is 0 Å². The second-order valence-corrected chi connectivity index (χ2v) is 7.25. The second kappa shape index (κ2) is 7.29. The highest BCUT2D eigenvalue weighted by atomic mass is 16.5. The van der Waals surface area contributed by atoms with Gasteiger partial charge in [-0.05, 0) is 30.7 Å². The number of aromatic nitrogens is 3. The molecule has 4 heterocycles. The molecule has 3 aromatic rings.